The first-order valence-corrected chi connectivity index (χ1v) is 7.95. The van der Waals surface area contributed by atoms with E-state index in [1.807, 2.05) is 24.8 Å². The van der Waals surface area contributed by atoms with Crippen molar-refractivity contribution in [3.05, 3.63) is 41.2 Å². The van der Waals surface area contributed by atoms with Gasteiger partial charge in [0, 0.05) is 37.3 Å². The van der Waals surface area contributed by atoms with Gasteiger partial charge < -0.3 is 9.80 Å². The van der Waals surface area contributed by atoms with E-state index >= 15 is 0 Å². The molecule has 0 radical (unpaired) electrons. The summed E-state index contributed by atoms with van der Waals surface area (Å²) in [6.07, 6.45) is 2.76. The summed E-state index contributed by atoms with van der Waals surface area (Å²) in [5.41, 5.74) is 1.63. The van der Waals surface area contributed by atoms with Crippen molar-refractivity contribution in [3.63, 3.8) is 0 Å². The highest BCUT2D eigenvalue weighted by molar-refractivity contribution is 5.94. The number of anilines is 1. The number of rotatable bonds is 4. The van der Waals surface area contributed by atoms with Crippen LogP contribution in [-0.4, -0.2) is 42.8 Å². The third-order valence-corrected chi connectivity index (χ3v) is 4.11. The SMILES string of the molecule is CC/C=C(\C)C(=O)N1CCN(c2ccc(C(C)=O)cc2F)CC1. The van der Waals surface area contributed by atoms with Crippen LogP contribution >= 0.6 is 0 Å². The average Bonchev–Trinajstić information content (AvgIpc) is 2.54. The maximum absolute atomic E-state index is 14.2. The van der Waals surface area contributed by atoms with Gasteiger partial charge in [-0.15, -0.1) is 0 Å². The molecular formula is C18H23FN2O2. The smallest absolute Gasteiger partial charge is 0.249 e. The van der Waals surface area contributed by atoms with Crippen LogP contribution in [0.3, 0.4) is 0 Å². The average molecular weight is 318 g/mol. The lowest BCUT2D eigenvalue weighted by molar-refractivity contribution is -0.127. The van der Waals surface area contributed by atoms with E-state index in [2.05, 4.69) is 0 Å². The molecule has 23 heavy (non-hydrogen) atoms. The minimum absolute atomic E-state index is 0.0545. The molecule has 1 amide bonds. The predicted molar refractivity (Wildman–Crippen MR) is 89.2 cm³/mol. The minimum Gasteiger partial charge on any atom is -0.366 e. The van der Waals surface area contributed by atoms with Crippen LogP contribution in [0.25, 0.3) is 0 Å². The second kappa shape index (κ2) is 7.40. The number of allylic oxidation sites excluding steroid dienone is 1. The van der Waals surface area contributed by atoms with Gasteiger partial charge in [0.25, 0.3) is 0 Å². The van der Waals surface area contributed by atoms with Crippen LogP contribution in [0.4, 0.5) is 10.1 Å². The molecule has 0 aliphatic carbocycles. The largest absolute Gasteiger partial charge is 0.366 e. The van der Waals surface area contributed by atoms with Crippen LogP contribution in [0, 0.1) is 5.82 Å². The quantitative estimate of drug-likeness (QED) is 0.633. The lowest BCUT2D eigenvalue weighted by atomic mass is 10.1. The summed E-state index contributed by atoms with van der Waals surface area (Å²) in [5.74, 6) is -0.484. The van der Waals surface area contributed by atoms with Gasteiger partial charge >= 0.3 is 0 Å². The van der Waals surface area contributed by atoms with E-state index in [9.17, 15) is 14.0 Å². The van der Waals surface area contributed by atoms with Gasteiger partial charge in [-0.2, -0.15) is 0 Å². The predicted octanol–water partition coefficient (Wildman–Crippen LogP) is 3.03. The molecule has 1 aliphatic rings. The van der Waals surface area contributed by atoms with Crippen LogP contribution in [0.2, 0.25) is 0 Å². The Kier molecular flexibility index (Phi) is 5.53. The van der Waals surface area contributed by atoms with E-state index in [1.54, 1.807) is 17.0 Å². The highest BCUT2D eigenvalue weighted by atomic mass is 19.1. The van der Waals surface area contributed by atoms with Crippen molar-refractivity contribution in [3.8, 4) is 0 Å². The summed E-state index contributed by atoms with van der Waals surface area (Å²) in [6, 6.07) is 4.57. The number of nitrogens with zero attached hydrogens (tertiary/aromatic N) is 2. The zero-order chi connectivity index (χ0) is 17.0. The summed E-state index contributed by atoms with van der Waals surface area (Å²) in [6.45, 7) is 7.57. The van der Waals surface area contributed by atoms with Crippen molar-refractivity contribution in [2.45, 2.75) is 27.2 Å². The van der Waals surface area contributed by atoms with Crippen LogP contribution in [0.1, 0.15) is 37.6 Å². The van der Waals surface area contributed by atoms with Gasteiger partial charge in [0.05, 0.1) is 5.69 Å². The van der Waals surface area contributed by atoms with Gasteiger partial charge in [-0.25, -0.2) is 4.39 Å². The Balaban J connectivity index is 2.03. The Morgan fingerprint density at radius 2 is 1.83 bits per heavy atom. The molecular weight excluding hydrogens is 295 g/mol. The fourth-order valence-corrected chi connectivity index (χ4v) is 2.78. The van der Waals surface area contributed by atoms with Crippen LogP contribution in [0.5, 0.6) is 0 Å². The first kappa shape index (κ1) is 17.2. The third kappa shape index (κ3) is 3.97. The highest BCUT2D eigenvalue weighted by Gasteiger charge is 2.23. The molecule has 2 rings (SSSR count). The second-order valence-electron chi connectivity index (χ2n) is 5.80. The van der Waals surface area contributed by atoms with Gasteiger partial charge in [0.2, 0.25) is 5.91 Å². The third-order valence-electron chi connectivity index (χ3n) is 4.11. The zero-order valence-electron chi connectivity index (χ0n) is 13.9. The molecule has 1 saturated heterocycles. The van der Waals surface area contributed by atoms with E-state index in [1.165, 1.54) is 13.0 Å². The summed E-state index contributed by atoms with van der Waals surface area (Å²) >= 11 is 0. The monoisotopic (exact) mass is 318 g/mol. The molecule has 0 aromatic heterocycles. The molecule has 124 valence electrons. The molecule has 0 atom stereocenters. The number of Topliss-reactive ketones (excluding diaryl/α,β-unsaturated/α-hetero) is 1. The fourth-order valence-electron chi connectivity index (χ4n) is 2.78. The Morgan fingerprint density at radius 3 is 2.35 bits per heavy atom. The van der Waals surface area contributed by atoms with Crippen molar-refractivity contribution >= 4 is 17.4 Å². The van der Waals surface area contributed by atoms with Gasteiger partial charge in [0.15, 0.2) is 5.78 Å². The highest BCUT2D eigenvalue weighted by Crippen LogP contribution is 2.22. The molecule has 0 bridgehead atoms. The van der Waals surface area contributed by atoms with E-state index < -0.39 is 0 Å². The Morgan fingerprint density at radius 1 is 1.17 bits per heavy atom. The molecule has 0 spiro atoms. The molecule has 1 fully saturated rings. The number of halogens is 1. The number of hydrogen-bond acceptors (Lipinski definition) is 3. The fraction of sp³-hybridized carbons (Fsp3) is 0.444. The molecule has 1 aromatic carbocycles. The number of carbonyl (C=O) groups excluding carboxylic acids is 2. The molecule has 1 heterocycles. The molecule has 1 aromatic rings. The van der Waals surface area contributed by atoms with Gasteiger partial charge in [0.1, 0.15) is 5.82 Å². The van der Waals surface area contributed by atoms with Gasteiger partial charge in [-0.3, -0.25) is 9.59 Å². The Hall–Kier alpha value is -2.17. The summed E-state index contributed by atoms with van der Waals surface area (Å²) < 4.78 is 14.2. The molecule has 5 heteroatoms. The number of ketones is 1. The maximum atomic E-state index is 14.2. The van der Waals surface area contributed by atoms with Crippen molar-refractivity contribution < 1.29 is 14.0 Å². The number of piperazine rings is 1. The van der Waals surface area contributed by atoms with E-state index in [0.717, 1.165) is 12.0 Å². The van der Waals surface area contributed by atoms with Gasteiger partial charge in [-0.1, -0.05) is 13.0 Å². The molecule has 1 aliphatic heterocycles. The van der Waals surface area contributed by atoms with Crippen molar-refractivity contribution in [1.29, 1.82) is 0 Å². The van der Waals surface area contributed by atoms with E-state index in [-0.39, 0.29) is 17.5 Å². The Labute approximate surface area is 136 Å². The molecule has 4 nitrogen and oxygen atoms in total. The number of amides is 1. The van der Waals surface area contributed by atoms with Crippen molar-refractivity contribution in [2.24, 2.45) is 0 Å². The zero-order valence-corrected chi connectivity index (χ0v) is 13.9. The molecule has 0 N–H and O–H groups in total. The van der Waals surface area contributed by atoms with E-state index in [4.69, 9.17) is 0 Å². The number of carbonyl (C=O) groups is 2. The summed E-state index contributed by atoms with van der Waals surface area (Å²) in [7, 11) is 0. The van der Waals surface area contributed by atoms with Crippen molar-refractivity contribution in [1.82, 2.24) is 4.90 Å². The standard InChI is InChI=1S/C18H23FN2O2/c1-4-5-13(2)18(23)21-10-8-20(9-11-21)17-7-6-15(14(3)22)12-16(17)19/h5-7,12H,4,8-11H2,1-3H3/b13-5+. The lowest BCUT2D eigenvalue weighted by Crippen LogP contribution is -2.49. The van der Waals surface area contributed by atoms with Crippen LogP contribution in [0.15, 0.2) is 29.8 Å². The first-order valence-electron chi connectivity index (χ1n) is 7.95. The normalized spacial score (nSPS) is 15.7. The molecule has 0 unspecified atom stereocenters. The summed E-state index contributed by atoms with van der Waals surface area (Å²) in [5, 5.41) is 0. The number of hydrogen-bond donors (Lipinski definition) is 0. The topological polar surface area (TPSA) is 40.6 Å². The van der Waals surface area contributed by atoms with Crippen LogP contribution in [-0.2, 0) is 4.79 Å². The second-order valence-corrected chi connectivity index (χ2v) is 5.80. The maximum Gasteiger partial charge on any atom is 0.249 e. The van der Waals surface area contributed by atoms with Crippen LogP contribution < -0.4 is 4.90 Å². The number of benzene rings is 1. The van der Waals surface area contributed by atoms with Gasteiger partial charge in [-0.05, 0) is 38.5 Å². The minimum atomic E-state index is -0.389. The Bertz CT molecular complexity index is 632. The van der Waals surface area contributed by atoms with Crippen molar-refractivity contribution in [2.75, 3.05) is 31.1 Å². The summed E-state index contributed by atoms with van der Waals surface area (Å²) in [4.78, 5) is 27.3. The first-order chi connectivity index (χ1) is 10.9. The molecule has 0 saturated carbocycles. The lowest BCUT2D eigenvalue weighted by Gasteiger charge is -2.36. The van der Waals surface area contributed by atoms with E-state index in [0.29, 0.717) is 37.4 Å².